The van der Waals surface area contributed by atoms with Crippen molar-refractivity contribution in [3.8, 4) is 17.2 Å². The van der Waals surface area contributed by atoms with Gasteiger partial charge in [-0.3, -0.25) is 14.5 Å². The Morgan fingerprint density at radius 2 is 1.72 bits per heavy atom. The van der Waals surface area contributed by atoms with Crippen molar-refractivity contribution in [2.75, 3.05) is 26.2 Å². The molecule has 0 N–H and O–H groups in total. The fourth-order valence-electron chi connectivity index (χ4n) is 4.07. The number of benzene rings is 1. The fraction of sp³-hybridized carbons (Fsp3) is 0.571. The Balaban J connectivity index is 2.01. The average Bonchev–Trinajstić information content (AvgIpc) is 2.98. The highest BCUT2D eigenvalue weighted by atomic mass is 16.5. The zero-order valence-electron chi connectivity index (χ0n) is 17.3. The first-order chi connectivity index (χ1) is 14.0. The Bertz CT molecular complexity index is 814. The molecule has 1 amide bonds. The maximum absolute atomic E-state index is 12.9. The molecule has 1 heterocycles. The molecule has 1 aliphatic heterocycles. The third-order valence-electron chi connectivity index (χ3n) is 5.51. The van der Waals surface area contributed by atoms with E-state index in [1.165, 1.54) is 32.3 Å². The van der Waals surface area contributed by atoms with Crippen LogP contribution < -0.4 is 19.1 Å². The summed E-state index contributed by atoms with van der Waals surface area (Å²) >= 11 is 0. The molecule has 1 aromatic carbocycles. The van der Waals surface area contributed by atoms with E-state index in [4.69, 9.17) is 18.9 Å². The zero-order chi connectivity index (χ0) is 21.1. The second-order valence-corrected chi connectivity index (χ2v) is 7.16. The lowest BCUT2D eigenvalue weighted by Gasteiger charge is -2.29. The summed E-state index contributed by atoms with van der Waals surface area (Å²) in [6.45, 7) is 1.78. The van der Waals surface area contributed by atoms with Gasteiger partial charge in [0.15, 0.2) is 11.5 Å². The molecule has 158 valence electrons. The number of carbonyl (C=O) groups is 3. The van der Waals surface area contributed by atoms with Crippen molar-refractivity contribution in [3.63, 3.8) is 0 Å². The molecular formula is C21H27NO7. The molecule has 0 radical (unpaired) electrons. The van der Waals surface area contributed by atoms with Gasteiger partial charge in [-0.1, -0.05) is 13.3 Å². The molecule has 1 aliphatic carbocycles. The largest absolute Gasteiger partial charge is 0.493 e. The third kappa shape index (κ3) is 3.63. The van der Waals surface area contributed by atoms with Gasteiger partial charge < -0.3 is 18.9 Å². The molecule has 0 bridgehead atoms. The number of fused-ring (bicyclic) bond motifs is 1. The lowest BCUT2D eigenvalue weighted by molar-refractivity contribution is -0.152. The van der Waals surface area contributed by atoms with Crippen LogP contribution in [0.5, 0.6) is 17.2 Å². The van der Waals surface area contributed by atoms with Crippen LogP contribution in [0.2, 0.25) is 0 Å². The number of carbonyl (C=O) groups excluding carboxylic acids is 3. The summed E-state index contributed by atoms with van der Waals surface area (Å²) in [5, 5.41) is 0. The Labute approximate surface area is 170 Å². The van der Waals surface area contributed by atoms with Gasteiger partial charge in [0, 0.05) is 6.07 Å². The topological polar surface area (TPSA) is 91.4 Å². The SMILES string of the molecule is CCC(C(=O)OC1CCCCC1)N1C(=O)C(=O)c2c1cc(OC)c(OC)c2OC. The Morgan fingerprint density at radius 1 is 1.07 bits per heavy atom. The maximum Gasteiger partial charge on any atom is 0.329 e. The van der Waals surface area contributed by atoms with Crippen molar-refractivity contribution in [2.24, 2.45) is 0 Å². The van der Waals surface area contributed by atoms with Crippen molar-refractivity contribution in [3.05, 3.63) is 11.6 Å². The van der Waals surface area contributed by atoms with Crippen LogP contribution in [0.1, 0.15) is 55.8 Å². The minimum atomic E-state index is -0.905. The van der Waals surface area contributed by atoms with E-state index >= 15 is 0 Å². The number of methoxy groups -OCH3 is 3. The molecule has 2 aliphatic rings. The molecule has 1 aromatic rings. The Morgan fingerprint density at radius 3 is 2.28 bits per heavy atom. The third-order valence-corrected chi connectivity index (χ3v) is 5.51. The summed E-state index contributed by atoms with van der Waals surface area (Å²) in [5.41, 5.74) is 0.334. The molecule has 0 aromatic heterocycles. The van der Waals surface area contributed by atoms with Gasteiger partial charge >= 0.3 is 5.97 Å². The first-order valence-corrected chi connectivity index (χ1v) is 9.89. The first-order valence-electron chi connectivity index (χ1n) is 9.89. The molecule has 1 atom stereocenters. The monoisotopic (exact) mass is 405 g/mol. The van der Waals surface area contributed by atoms with Crippen molar-refractivity contribution in [1.82, 2.24) is 0 Å². The number of rotatable bonds is 7. The maximum atomic E-state index is 12.9. The number of hydrogen-bond acceptors (Lipinski definition) is 7. The highest BCUT2D eigenvalue weighted by Crippen LogP contribution is 2.48. The number of nitrogens with zero attached hydrogens (tertiary/aromatic N) is 1. The predicted molar refractivity (Wildman–Crippen MR) is 105 cm³/mol. The minimum Gasteiger partial charge on any atom is -0.493 e. The summed E-state index contributed by atoms with van der Waals surface area (Å²) in [6.07, 6.45) is 4.99. The molecule has 29 heavy (non-hydrogen) atoms. The molecule has 1 saturated carbocycles. The number of anilines is 1. The van der Waals surface area contributed by atoms with Crippen molar-refractivity contribution in [2.45, 2.75) is 57.6 Å². The summed E-state index contributed by atoms with van der Waals surface area (Å²) < 4.78 is 21.7. The summed E-state index contributed by atoms with van der Waals surface area (Å²) in [6, 6.07) is 0.619. The number of ketones is 1. The van der Waals surface area contributed by atoms with Crippen LogP contribution in [0.4, 0.5) is 5.69 Å². The van der Waals surface area contributed by atoms with E-state index in [0.29, 0.717) is 12.2 Å². The van der Waals surface area contributed by atoms with Crippen molar-refractivity contribution in [1.29, 1.82) is 0 Å². The van der Waals surface area contributed by atoms with E-state index in [1.54, 1.807) is 6.92 Å². The van der Waals surface area contributed by atoms with Gasteiger partial charge in [0.05, 0.1) is 32.6 Å². The first kappa shape index (κ1) is 21.0. The quantitative estimate of drug-likeness (QED) is 0.509. The minimum absolute atomic E-state index is 0.0686. The van der Waals surface area contributed by atoms with Crippen LogP contribution in [-0.4, -0.2) is 51.1 Å². The average molecular weight is 405 g/mol. The van der Waals surface area contributed by atoms with Gasteiger partial charge in [0.2, 0.25) is 5.75 Å². The van der Waals surface area contributed by atoms with Gasteiger partial charge in [0.25, 0.3) is 11.7 Å². The lowest BCUT2D eigenvalue weighted by Crippen LogP contribution is -2.46. The number of hydrogen-bond donors (Lipinski definition) is 0. The van der Waals surface area contributed by atoms with Crippen molar-refractivity contribution < 1.29 is 33.3 Å². The zero-order valence-corrected chi connectivity index (χ0v) is 17.3. The number of Topliss-reactive ketones (excluding diaryl/α,β-unsaturated/α-hetero) is 1. The van der Waals surface area contributed by atoms with Gasteiger partial charge in [-0.05, 0) is 32.1 Å². The highest BCUT2D eigenvalue weighted by molar-refractivity contribution is 6.53. The van der Waals surface area contributed by atoms with E-state index in [0.717, 1.165) is 32.1 Å². The van der Waals surface area contributed by atoms with Crippen LogP contribution in [-0.2, 0) is 14.3 Å². The van der Waals surface area contributed by atoms with Crippen LogP contribution >= 0.6 is 0 Å². The summed E-state index contributed by atoms with van der Waals surface area (Å²) in [7, 11) is 4.25. The van der Waals surface area contributed by atoms with Gasteiger partial charge in [0.1, 0.15) is 12.1 Å². The Kier molecular flexibility index (Phi) is 6.30. The normalized spacial score (nSPS) is 17.7. The van der Waals surface area contributed by atoms with Gasteiger partial charge in [-0.2, -0.15) is 0 Å². The smallest absolute Gasteiger partial charge is 0.329 e. The standard InChI is InChI=1S/C21H27NO7/c1-5-13(21(25)29-12-9-7-6-8-10-12)22-14-11-15(26-2)18(27-3)19(28-4)16(14)17(23)20(22)24/h11-13H,5-10H2,1-4H3. The van der Waals surface area contributed by atoms with Gasteiger partial charge in [-0.15, -0.1) is 0 Å². The van der Waals surface area contributed by atoms with Gasteiger partial charge in [-0.25, -0.2) is 4.79 Å². The van der Waals surface area contributed by atoms with E-state index in [-0.39, 0.29) is 28.9 Å². The number of amides is 1. The molecule has 3 rings (SSSR count). The van der Waals surface area contributed by atoms with E-state index in [2.05, 4.69) is 0 Å². The molecule has 8 heteroatoms. The summed E-state index contributed by atoms with van der Waals surface area (Å²) in [4.78, 5) is 39.7. The number of ether oxygens (including phenoxy) is 4. The second-order valence-electron chi connectivity index (χ2n) is 7.16. The molecule has 1 fully saturated rings. The molecular weight excluding hydrogens is 378 g/mol. The highest BCUT2D eigenvalue weighted by Gasteiger charge is 2.46. The predicted octanol–water partition coefficient (Wildman–Crippen LogP) is 2.90. The molecule has 0 spiro atoms. The van der Waals surface area contributed by atoms with E-state index < -0.39 is 23.7 Å². The van der Waals surface area contributed by atoms with E-state index in [9.17, 15) is 14.4 Å². The van der Waals surface area contributed by atoms with Crippen molar-refractivity contribution >= 4 is 23.3 Å². The fourth-order valence-corrected chi connectivity index (χ4v) is 4.07. The van der Waals surface area contributed by atoms with Crippen LogP contribution in [0.15, 0.2) is 6.07 Å². The lowest BCUT2D eigenvalue weighted by atomic mass is 9.98. The number of esters is 1. The van der Waals surface area contributed by atoms with Crippen LogP contribution in [0, 0.1) is 0 Å². The Hall–Kier alpha value is -2.77. The molecule has 8 nitrogen and oxygen atoms in total. The van der Waals surface area contributed by atoms with Crippen LogP contribution in [0.3, 0.4) is 0 Å². The van der Waals surface area contributed by atoms with E-state index in [1.807, 2.05) is 0 Å². The second kappa shape index (κ2) is 8.71. The molecule has 0 saturated heterocycles. The summed E-state index contributed by atoms with van der Waals surface area (Å²) in [5.74, 6) is -1.41. The van der Waals surface area contributed by atoms with Crippen LogP contribution in [0.25, 0.3) is 0 Å². The molecule has 1 unspecified atom stereocenters.